The molecule has 0 aliphatic rings. The largest absolute Gasteiger partial charge is 0.274 e. The summed E-state index contributed by atoms with van der Waals surface area (Å²) >= 11 is 5.08. The molecule has 0 saturated heterocycles. The highest BCUT2D eigenvalue weighted by molar-refractivity contribution is 9.09. The summed E-state index contributed by atoms with van der Waals surface area (Å²) in [5.41, 5.74) is 1.80. The molecule has 0 saturated carbocycles. The number of aryl methyl sites for hydroxylation is 1. The van der Waals surface area contributed by atoms with Crippen LogP contribution in [0.15, 0.2) is 12.1 Å². The van der Waals surface area contributed by atoms with Crippen LogP contribution in [0.2, 0.25) is 0 Å². The van der Waals surface area contributed by atoms with Crippen LogP contribution in [-0.4, -0.2) is 14.7 Å². The minimum atomic E-state index is -0.302. The van der Waals surface area contributed by atoms with Crippen molar-refractivity contribution in [2.45, 2.75) is 32.0 Å². The summed E-state index contributed by atoms with van der Waals surface area (Å²) in [7, 11) is 0. The van der Waals surface area contributed by atoms with E-state index in [9.17, 15) is 10.1 Å². The van der Waals surface area contributed by atoms with Crippen LogP contribution in [0.5, 0.6) is 0 Å². The summed E-state index contributed by atoms with van der Waals surface area (Å²) in [4.78, 5) is 15.5. The van der Waals surface area contributed by atoms with Gasteiger partial charge in [0.15, 0.2) is 0 Å². The van der Waals surface area contributed by atoms with E-state index in [0.717, 1.165) is 20.8 Å². The third-order valence-electron chi connectivity index (χ3n) is 3.03. The fraction of sp³-hybridized carbons (Fsp3) is 0.462. The highest BCUT2D eigenvalue weighted by Gasteiger charge is 2.20. The number of fused-ring (bicyclic) bond motifs is 1. The number of rotatable bonds is 4. The molecule has 4 nitrogen and oxygen atoms in total. The lowest BCUT2D eigenvalue weighted by molar-refractivity contribution is -0.385. The van der Waals surface area contributed by atoms with Crippen LogP contribution in [0.4, 0.5) is 5.69 Å². The standard InChI is InChI=1S/C13H15BrN2O2S/c1-7(2)10(14)4-9-5-11-13(19-8(3)15-11)6-12(9)16(17)18/h5-7,10H,4H2,1-3H3. The Labute approximate surface area is 124 Å². The minimum Gasteiger partial charge on any atom is -0.258 e. The predicted molar refractivity (Wildman–Crippen MR) is 82.3 cm³/mol. The summed E-state index contributed by atoms with van der Waals surface area (Å²) in [5.74, 6) is 0.424. The molecule has 0 aliphatic carbocycles. The van der Waals surface area contributed by atoms with Crippen LogP contribution in [-0.2, 0) is 6.42 Å². The summed E-state index contributed by atoms with van der Waals surface area (Å²) in [5, 5.41) is 12.1. The van der Waals surface area contributed by atoms with Crippen molar-refractivity contribution in [3.05, 3.63) is 32.8 Å². The molecule has 0 bridgehead atoms. The normalized spacial score (nSPS) is 13.1. The highest BCUT2D eigenvalue weighted by Crippen LogP contribution is 2.32. The molecule has 1 atom stereocenters. The number of alkyl halides is 1. The second-order valence-corrected chi connectivity index (χ2v) is 7.31. The maximum absolute atomic E-state index is 11.2. The number of thiazole rings is 1. The lowest BCUT2D eigenvalue weighted by atomic mass is 10.0. The molecule has 2 rings (SSSR count). The van der Waals surface area contributed by atoms with E-state index in [4.69, 9.17) is 0 Å². The third kappa shape index (κ3) is 3.12. The van der Waals surface area contributed by atoms with Gasteiger partial charge in [0.2, 0.25) is 0 Å². The van der Waals surface area contributed by atoms with Crippen LogP contribution in [0.3, 0.4) is 0 Å². The maximum atomic E-state index is 11.2. The zero-order chi connectivity index (χ0) is 14.2. The molecule has 19 heavy (non-hydrogen) atoms. The van der Waals surface area contributed by atoms with E-state index in [1.807, 2.05) is 13.0 Å². The van der Waals surface area contributed by atoms with Gasteiger partial charge in [-0.2, -0.15) is 0 Å². The summed E-state index contributed by atoms with van der Waals surface area (Å²) < 4.78 is 0.878. The first-order valence-corrected chi connectivity index (χ1v) is 7.80. The molecule has 0 amide bonds. The number of hydrogen-bond acceptors (Lipinski definition) is 4. The molecule has 1 heterocycles. The van der Waals surface area contributed by atoms with E-state index in [-0.39, 0.29) is 15.4 Å². The Morgan fingerprint density at radius 3 is 2.74 bits per heavy atom. The average Bonchev–Trinajstić information content (AvgIpc) is 2.66. The summed E-state index contributed by atoms with van der Waals surface area (Å²) in [6.45, 7) is 6.10. The second kappa shape index (κ2) is 5.54. The van der Waals surface area contributed by atoms with Gasteiger partial charge in [0, 0.05) is 16.5 Å². The molecule has 1 aromatic heterocycles. The molecule has 0 spiro atoms. The van der Waals surface area contributed by atoms with Crippen LogP contribution >= 0.6 is 27.3 Å². The van der Waals surface area contributed by atoms with Gasteiger partial charge in [-0.05, 0) is 25.3 Å². The van der Waals surface area contributed by atoms with Crippen molar-refractivity contribution in [3.63, 3.8) is 0 Å². The number of halogens is 1. The molecule has 102 valence electrons. The van der Waals surface area contributed by atoms with E-state index in [1.54, 1.807) is 6.07 Å². The van der Waals surface area contributed by atoms with Crippen molar-refractivity contribution in [2.75, 3.05) is 0 Å². The molecule has 1 aromatic carbocycles. The Balaban J connectivity index is 2.50. The minimum absolute atomic E-state index is 0.196. The van der Waals surface area contributed by atoms with Gasteiger partial charge in [0.25, 0.3) is 5.69 Å². The van der Waals surface area contributed by atoms with Crippen LogP contribution in [0.25, 0.3) is 10.2 Å². The first kappa shape index (κ1) is 14.4. The zero-order valence-corrected chi connectivity index (χ0v) is 13.4. The van der Waals surface area contributed by atoms with Gasteiger partial charge in [-0.25, -0.2) is 4.98 Å². The SMILES string of the molecule is Cc1nc2cc(CC(Br)C(C)C)c([N+](=O)[O-])cc2s1. The zero-order valence-electron chi connectivity index (χ0n) is 11.0. The van der Waals surface area contributed by atoms with Crippen molar-refractivity contribution >= 4 is 43.2 Å². The fourth-order valence-corrected chi connectivity index (χ4v) is 3.09. The lowest BCUT2D eigenvalue weighted by Crippen LogP contribution is -2.11. The number of nitro groups is 1. The first-order chi connectivity index (χ1) is 8.88. The van der Waals surface area contributed by atoms with Crippen LogP contribution in [0.1, 0.15) is 24.4 Å². The topological polar surface area (TPSA) is 56.0 Å². The molecule has 0 fully saturated rings. The Morgan fingerprint density at radius 2 is 2.16 bits per heavy atom. The molecule has 0 aliphatic heterocycles. The smallest absolute Gasteiger partial charge is 0.258 e. The van der Waals surface area contributed by atoms with E-state index < -0.39 is 0 Å². The number of nitro benzene ring substituents is 1. The van der Waals surface area contributed by atoms with Gasteiger partial charge in [-0.15, -0.1) is 11.3 Å². The Morgan fingerprint density at radius 1 is 1.47 bits per heavy atom. The van der Waals surface area contributed by atoms with E-state index in [2.05, 4.69) is 34.8 Å². The van der Waals surface area contributed by atoms with E-state index >= 15 is 0 Å². The lowest BCUT2D eigenvalue weighted by Gasteiger charge is -2.13. The van der Waals surface area contributed by atoms with Crippen molar-refractivity contribution < 1.29 is 4.92 Å². The van der Waals surface area contributed by atoms with Crippen LogP contribution in [0, 0.1) is 23.0 Å². The van der Waals surface area contributed by atoms with Crippen molar-refractivity contribution in [1.29, 1.82) is 0 Å². The van der Waals surface area contributed by atoms with Gasteiger partial charge in [-0.1, -0.05) is 29.8 Å². The number of hydrogen-bond donors (Lipinski definition) is 0. The Kier molecular flexibility index (Phi) is 4.20. The van der Waals surface area contributed by atoms with Gasteiger partial charge in [-0.3, -0.25) is 10.1 Å². The van der Waals surface area contributed by atoms with Gasteiger partial charge < -0.3 is 0 Å². The first-order valence-electron chi connectivity index (χ1n) is 6.07. The molecule has 0 radical (unpaired) electrons. The molecule has 0 N–H and O–H groups in total. The molecular weight excluding hydrogens is 328 g/mol. The number of nitrogens with zero attached hydrogens (tertiary/aromatic N) is 2. The van der Waals surface area contributed by atoms with Crippen molar-refractivity contribution in [1.82, 2.24) is 4.98 Å². The quantitative estimate of drug-likeness (QED) is 0.467. The van der Waals surface area contributed by atoms with E-state index in [1.165, 1.54) is 11.3 Å². The average molecular weight is 343 g/mol. The predicted octanol–water partition coefficient (Wildman–Crippen LogP) is 4.47. The maximum Gasteiger partial charge on any atom is 0.274 e. The summed E-state index contributed by atoms with van der Waals surface area (Å²) in [6, 6.07) is 3.50. The Hall–Kier alpha value is -1.01. The van der Waals surface area contributed by atoms with E-state index in [0.29, 0.717) is 12.3 Å². The molecular formula is C13H15BrN2O2S. The summed E-state index contributed by atoms with van der Waals surface area (Å²) in [6.07, 6.45) is 0.639. The number of benzene rings is 1. The van der Waals surface area contributed by atoms with Crippen molar-refractivity contribution in [3.8, 4) is 0 Å². The molecule has 2 aromatic rings. The van der Waals surface area contributed by atoms with Gasteiger partial charge in [0.05, 0.1) is 20.1 Å². The van der Waals surface area contributed by atoms with Gasteiger partial charge in [0.1, 0.15) is 0 Å². The second-order valence-electron chi connectivity index (χ2n) is 4.90. The third-order valence-corrected chi connectivity index (χ3v) is 5.35. The van der Waals surface area contributed by atoms with Crippen LogP contribution < -0.4 is 0 Å². The highest BCUT2D eigenvalue weighted by atomic mass is 79.9. The fourth-order valence-electron chi connectivity index (χ4n) is 1.90. The Bertz CT molecular complexity index is 624. The number of aromatic nitrogens is 1. The van der Waals surface area contributed by atoms with Crippen molar-refractivity contribution in [2.24, 2.45) is 5.92 Å². The monoisotopic (exact) mass is 342 g/mol. The van der Waals surface area contributed by atoms with Gasteiger partial charge >= 0.3 is 0 Å². The molecule has 1 unspecified atom stereocenters. The molecule has 6 heteroatoms.